The molecule has 0 bridgehead atoms. The molecule has 0 spiro atoms. The Morgan fingerprint density at radius 2 is 2.17 bits per heavy atom. The van der Waals surface area contributed by atoms with E-state index in [1.54, 1.807) is 0 Å². The van der Waals surface area contributed by atoms with Crippen molar-refractivity contribution < 1.29 is 5.10 Å². The van der Waals surface area contributed by atoms with Gasteiger partial charge >= 0.3 is 0 Å². The van der Waals surface area contributed by atoms with Gasteiger partial charge in [-0.25, -0.2) is 0 Å². The average molecular weight is 155 g/mol. The SMILES string of the molecule is C#Cc1n[nH+]cc2ccccc12. The number of benzene rings is 1. The van der Waals surface area contributed by atoms with E-state index >= 15 is 0 Å². The van der Waals surface area contributed by atoms with E-state index < -0.39 is 0 Å². The maximum absolute atomic E-state index is 5.28. The molecular formula is C10H7N2+. The van der Waals surface area contributed by atoms with E-state index in [0.717, 1.165) is 10.8 Å². The standard InChI is InChI=1S/C10H6N2/c1-2-10-9-6-4-3-5-8(9)7-11-12-10/h1,3-7H/p+1. The number of hydrogen-bond donors (Lipinski definition) is 0. The normalized spacial score (nSPS) is 9.58. The number of H-pyrrole nitrogens is 1. The van der Waals surface area contributed by atoms with E-state index in [1.807, 2.05) is 30.5 Å². The Hall–Kier alpha value is -1.88. The molecule has 1 heterocycles. The number of nitrogens with one attached hydrogen (secondary N) is 1. The molecule has 1 aromatic carbocycles. The predicted octanol–water partition coefficient (Wildman–Crippen LogP) is 1.03. The lowest BCUT2D eigenvalue weighted by molar-refractivity contribution is -0.453. The highest BCUT2D eigenvalue weighted by Gasteiger charge is 2.01. The van der Waals surface area contributed by atoms with Crippen LogP contribution in [-0.4, -0.2) is 5.10 Å². The Kier molecular flexibility index (Phi) is 1.49. The molecule has 2 rings (SSSR count). The lowest BCUT2D eigenvalue weighted by Crippen LogP contribution is -2.08. The highest BCUT2D eigenvalue weighted by atomic mass is 15.1. The second kappa shape index (κ2) is 2.63. The van der Waals surface area contributed by atoms with Crippen molar-refractivity contribution in [2.75, 3.05) is 0 Å². The van der Waals surface area contributed by atoms with Crippen LogP contribution in [0, 0.1) is 12.3 Å². The van der Waals surface area contributed by atoms with Crippen LogP contribution in [0.2, 0.25) is 0 Å². The van der Waals surface area contributed by atoms with Gasteiger partial charge in [0.1, 0.15) is 0 Å². The van der Waals surface area contributed by atoms with Gasteiger partial charge in [0.15, 0.2) is 5.69 Å². The molecule has 0 saturated carbocycles. The zero-order valence-corrected chi connectivity index (χ0v) is 6.41. The van der Waals surface area contributed by atoms with E-state index in [2.05, 4.69) is 16.1 Å². The van der Waals surface area contributed by atoms with Crippen molar-refractivity contribution >= 4 is 10.8 Å². The average Bonchev–Trinajstić information content (AvgIpc) is 2.17. The number of rotatable bonds is 0. The van der Waals surface area contributed by atoms with Crippen LogP contribution in [-0.2, 0) is 0 Å². The zero-order chi connectivity index (χ0) is 8.39. The smallest absolute Gasteiger partial charge is 0.113 e. The first-order valence-electron chi connectivity index (χ1n) is 3.64. The van der Waals surface area contributed by atoms with E-state index in [0.29, 0.717) is 5.69 Å². The first-order valence-corrected chi connectivity index (χ1v) is 3.64. The summed E-state index contributed by atoms with van der Waals surface area (Å²) < 4.78 is 0. The third-order valence-electron chi connectivity index (χ3n) is 1.75. The van der Waals surface area contributed by atoms with Gasteiger partial charge in [0.25, 0.3) is 0 Å². The van der Waals surface area contributed by atoms with Gasteiger partial charge in [-0.1, -0.05) is 18.2 Å². The molecule has 1 aromatic heterocycles. The van der Waals surface area contributed by atoms with Gasteiger partial charge in [0.05, 0.1) is 5.39 Å². The molecule has 1 N–H and O–H groups in total. The van der Waals surface area contributed by atoms with Crippen LogP contribution in [0.25, 0.3) is 10.8 Å². The second-order valence-electron chi connectivity index (χ2n) is 2.47. The van der Waals surface area contributed by atoms with Crippen LogP contribution >= 0.6 is 0 Å². The Labute approximate surface area is 70.2 Å². The molecule has 0 atom stereocenters. The minimum atomic E-state index is 0.660. The first kappa shape index (κ1) is 6.81. The van der Waals surface area contributed by atoms with Gasteiger partial charge in [0, 0.05) is 10.5 Å². The molecule has 0 unspecified atom stereocenters. The fraction of sp³-hybridized carbons (Fsp3) is 0. The Bertz CT molecular complexity index is 449. The number of aromatic amines is 1. The molecule has 56 valence electrons. The van der Waals surface area contributed by atoms with Crippen molar-refractivity contribution in [1.82, 2.24) is 5.10 Å². The Morgan fingerprint density at radius 1 is 1.33 bits per heavy atom. The summed E-state index contributed by atoms with van der Waals surface area (Å²) in [6.07, 6.45) is 7.11. The minimum Gasteiger partial charge on any atom is -0.113 e. The van der Waals surface area contributed by atoms with E-state index in [-0.39, 0.29) is 0 Å². The van der Waals surface area contributed by atoms with Crippen LogP contribution in [0.15, 0.2) is 30.5 Å². The summed E-state index contributed by atoms with van der Waals surface area (Å²) in [5.41, 5.74) is 0.660. The van der Waals surface area contributed by atoms with Gasteiger partial charge in [0.2, 0.25) is 6.20 Å². The summed E-state index contributed by atoms with van der Waals surface area (Å²) >= 11 is 0. The van der Waals surface area contributed by atoms with Crippen molar-refractivity contribution in [1.29, 1.82) is 0 Å². The van der Waals surface area contributed by atoms with Gasteiger partial charge in [-0.05, 0) is 12.0 Å². The quantitative estimate of drug-likeness (QED) is 0.522. The lowest BCUT2D eigenvalue weighted by atomic mass is 10.1. The number of aromatic nitrogens is 2. The molecule has 2 aromatic rings. The predicted molar refractivity (Wildman–Crippen MR) is 46.2 cm³/mol. The fourth-order valence-corrected chi connectivity index (χ4v) is 1.18. The molecule has 2 heteroatoms. The minimum absolute atomic E-state index is 0.660. The highest BCUT2D eigenvalue weighted by Crippen LogP contribution is 2.12. The Morgan fingerprint density at radius 3 is 3.00 bits per heavy atom. The van der Waals surface area contributed by atoms with Gasteiger partial charge in [-0.15, -0.1) is 11.5 Å². The number of terminal acetylenes is 1. The van der Waals surface area contributed by atoms with Crippen LogP contribution in [0.5, 0.6) is 0 Å². The molecular weight excluding hydrogens is 148 g/mol. The lowest BCUT2D eigenvalue weighted by Gasteiger charge is -1.92. The molecule has 12 heavy (non-hydrogen) atoms. The topological polar surface area (TPSA) is 27.0 Å². The van der Waals surface area contributed by atoms with Crippen LogP contribution in [0.3, 0.4) is 0 Å². The summed E-state index contributed by atoms with van der Waals surface area (Å²) in [5, 5.41) is 8.82. The molecule has 0 aliphatic rings. The molecule has 0 saturated heterocycles. The van der Waals surface area contributed by atoms with Crippen molar-refractivity contribution in [2.24, 2.45) is 0 Å². The van der Waals surface area contributed by atoms with Gasteiger partial charge in [-0.3, -0.25) is 0 Å². The third-order valence-corrected chi connectivity index (χ3v) is 1.75. The maximum atomic E-state index is 5.28. The molecule has 0 radical (unpaired) electrons. The summed E-state index contributed by atoms with van der Waals surface area (Å²) in [6, 6.07) is 7.88. The summed E-state index contributed by atoms with van der Waals surface area (Å²) in [4.78, 5) is 0. The summed E-state index contributed by atoms with van der Waals surface area (Å²) in [5.74, 6) is 2.53. The first-order chi connectivity index (χ1) is 5.92. The monoisotopic (exact) mass is 155 g/mol. The number of fused-ring (bicyclic) bond motifs is 1. The molecule has 2 nitrogen and oxygen atoms in total. The molecule has 0 aliphatic heterocycles. The van der Waals surface area contributed by atoms with Crippen LogP contribution in [0.1, 0.15) is 5.69 Å². The molecule has 0 amide bonds. The van der Waals surface area contributed by atoms with E-state index in [9.17, 15) is 0 Å². The van der Waals surface area contributed by atoms with Crippen molar-refractivity contribution in [3.05, 3.63) is 36.2 Å². The summed E-state index contributed by atoms with van der Waals surface area (Å²) in [7, 11) is 0. The van der Waals surface area contributed by atoms with Gasteiger partial charge < -0.3 is 0 Å². The maximum Gasteiger partial charge on any atom is 0.201 e. The number of hydrogen-bond acceptors (Lipinski definition) is 1. The zero-order valence-electron chi connectivity index (χ0n) is 6.41. The number of nitrogens with zero attached hydrogens (tertiary/aromatic N) is 1. The van der Waals surface area contributed by atoms with Crippen LogP contribution < -0.4 is 5.10 Å². The van der Waals surface area contributed by atoms with Gasteiger partial charge in [-0.2, -0.15) is 0 Å². The third kappa shape index (κ3) is 0.923. The highest BCUT2D eigenvalue weighted by molar-refractivity contribution is 5.84. The largest absolute Gasteiger partial charge is 0.201 e. The second-order valence-corrected chi connectivity index (χ2v) is 2.47. The molecule has 0 aliphatic carbocycles. The summed E-state index contributed by atoms with van der Waals surface area (Å²) in [6.45, 7) is 0. The van der Waals surface area contributed by atoms with Crippen LogP contribution in [0.4, 0.5) is 0 Å². The van der Waals surface area contributed by atoms with Crippen molar-refractivity contribution in [2.45, 2.75) is 0 Å². The van der Waals surface area contributed by atoms with E-state index in [1.165, 1.54) is 0 Å². The molecule has 0 fully saturated rings. The van der Waals surface area contributed by atoms with E-state index in [4.69, 9.17) is 6.42 Å². The fourth-order valence-electron chi connectivity index (χ4n) is 1.18. The Balaban J connectivity index is 2.91. The van der Waals surface area contributed by atoms with Crippen molar-refractivity contribution in [3.8, 4) is 12.3 Å². The van der Waals surface area contributed by atoms with Crippen molar-refractivity contribution in [3.63, 3.8) is 0 Å².